The fraction of sp³-hybridized carbons (Fsp3) is 0.167. The molecule has 2 amide bonds. The summed E-state index contributed by atoms with van der Waals surface area (Å²) in [5.41, 5.74) is 5.25. The summed E-state index contributed by atoms with van der Waals surface area (Å²) >= 11 is 0. The van der Waals surface area contributed by atoms with Crippen molar-refractivity contribution in [2.45, 2.75) is 26.0 Å². The third-order valence-corrected chi connectivity index (χ3v) is 5.70. The number of amides is 2. The highest BCUT2D eigenvalue weighted by molar-refractivity contribution is 6.02. The molecule has 0 unspecified atom stereocenters. The molecule has 7 heteroatoms. The molecule has 0 bridgehead atoms. The van der Waals surface area contributed by atoms with Gasteiger partial charge in [-0.05, 0) is 34.9 Å². The fourth-order valence-corrected chi connectivity index (χ4v) is 3.88. The predicted molar refractivity (Wildman–Crippen MR) is 145 cm³/mol. The molecule has 188 valence electrons. The Morgan fingerprint density at radius 1 is 0.865 bits per heavy atom. The first-order valence-corrected chi connectivity index (χ1v) is 12.1. The molecule has 0 aliphatic rings. The maximum atomic E-state index is 13.0. The number of nitrogens with zero attached hydrogens (tertiary/aromatic N) is 1. The Morgan fingerprint density at radius 3 is 2.27 bits per heavy atom. The van der Waals surface area contributed by atoms with Crippen LogP contribution in [0.4, 0.5) is 4.79 Å². The summed E-state index contributed by atoms with van der Waals surface area (Å²) in [7, 11) is 0. The van der Waals surface area contributed by atoms with E-state index in [1.807, 2.05) is 97.1 Å². The quantitative estimate of drug-likeness (QED) is 0.233. The van der Waals surface area contributed by atoms with Gasteiger partial charge >= 0.3 is 6.09 Å². The highest BCUT2D eigenvalue weighted by Crippen LogP contribution is 2.27. The zero-order chi connectivity index (χ0) is 25.9. The highest BCUT2D eigenvalue weighted by atomic mass is 16.5. The van der Waals surface area contributed by atoms with E-state index in [0.717, 1.165) is 27.5 Å². The molecule has 0 aliphatic heterocycles. The molecular formula is C30H29N3O4. The van der Waals surface area contributed by atoms with E-state index in [4.69, 9.17) is 9.47 Å². The summed E-state index contributed by atoms with van der Waals surface area (Å²) in [6.45, 7) is 2.31. The van der Waals surface area contributed by atoms with Gasteiger partial charge in [0.1, 0.15) is 18.4 Å². The minimum atomic E-state index is -0.861. The van der Waals surface area contributed by atoms with Crippen molar-refractivity contribution in [1.29, 1.82) is 0 Å². The number of hydrazone groups is 1. The largest absolute Gasteiger partial charge is 0.488 e. The van der Waals surface area contributed by atoms with Crippen molar-refractivity contribution < 1.29 is 19.1 Å². The van der Waals surface area contributed by atoms with Crippen LogP contribution in [0.1, 0.15) is 23.6 Å². The molecule has 0 spiro atoms. The lowest BCUT2D eigenvalue weighted by Crippen LogP contribution is -2.47. The monoisotopic (exact) mass is 495 g/mol. The SMILES string of the molecule is CCOC(=O)N[C@@H](Cc1ccccc1)C(=O)N/N=C\c1c(OCc2ccccc2)ccc2ccccc12. The number of nitrogens with one attached hydrogen (secondary N) is 2. The van der Waals surface area contributed by atoms with Gasteiger partial charge in [-0.25, -0.2) is 10.2 Å². The lowest BCUT2D eigenvalue weighted by molar-refractivity contribution is -0.123. The molecule has 0 radical (unpaired) electrons. The van der Waals surface area contributed by atoms with E-state index in [9.17, 15) is 9.59 Å². The summed E-state index contributed by atoms with van der Waals surface area (Å²) < 4.78 is 11.1. The number of alkyl carbamates (subject to hydrolysis) is 1. The predicted octanol–water partition coefficient (Wildman–Crippen LogP) is 5.23. The molecule has 4 aromatic rings. The standard InChI is InChI=1S/C30H29N3O4/c1-2-36-30(35)32-27(19-22-11-5-3-6-12-22)29(34)33-31-20-26-25-16-10-9-15-24(25)17-18-28(26)37-21-23-13-7-4-8-14-23/h3-18,20,27H,2,19,21H2,1H3,(H,32,35)(H,33,34)/b31-20-/t27-/m0/s1. The van der Waals surface area contributed by atoms with E-state index in [2.05, 4.69) is 15.8 Å². The maximum Gasteiger partial charge on any atom is 0.407 e. The first-order chi connectivity index (χ1) is 18.1. The number of ether oxygens (including phenoxy) is 2. The van der Waals surface area contributed by atoms with Crippen LogP contribution in [0.3, 0.4) is 0 Å². The number of fused-ring (bicyclic) bond motifs is 1. The molecule has 4 aromatic carbocycles. The molecule has 4 rings (SSSR count). The van der Waals surface area contributed by atoms with E-state index >= 15 is 0 Å². The van der Waals surface area contributed by atoms with Crippen LogP contribution in [-0.2, 0) is 22.6 Å². The second-order valence-corrected chi connectivity index (χ2v) is 8.31. The van der Waals surface area contributed by atoms with E-state index < -0.39 is 18.0 Å². The Labute approximate surface area is 216 Å². The van der Waals surface area contributed by atoms with Crippen LogP contribution < -0.4 is 15.5 Å². The summed E-state index contributed by atoms with van der Waals surface area (Å²) in [5.74, 6) is 0.186. The lowest BCUT2D eigenvalue weighted by Gasteiger charge is -2.17. The van der Waals surface area contributed by atoms with Gasteiger partial charge in [-0.3, -0.25) is 4.79 Å². The highest BCUT2D eigenvalue weighted by Gasteiger charge is 2.21. The Morgan fingerprint density at radius 2 is 1.54 bits per heavy atom. The molecule has 0 fully saturated rings. The minimum absolute atomic E-state index is 0.205. The lowest BCUT2D eigenvalue weighted by atomic mass is 10.0. The fourth-order valence-electron chi connectivity index (χ4n) is 3.88. The number of hydrogen-bond acceptors (Lipinski definition) is 5. The first-order valence-electron chi connectivity index (χ1n) is 12.1. The van der Waals surface area contributed by atoms with Gasteiger partial charge in [0, 0.05) is 12.0 Å². The van der Waals surface area contributed by atoms with Gasteiger partial charge in [0.05, 0.1) is 12.8 Å². The second-order valence-electron chi connectivity index (χ2n) is 8.31. The van der Waals surface area contributed by atoms with Gasteiger partial charge in [-0.1, -0.05) is 91.0 Å². The number of carbonyl (C=O) groups is 2. The van der Waals surface area contributed by atoms with E-state index in [1.54, 1.807) is 13.1 Å². The zero-order valence-electron chi connectivity index (χ0n) is 20.6. The minimum Gasteiger partial charge on any atom is -0.488 e. The molecule has 0 aromatic heterocycles. The summed E-state index contributed by atoms with van der Waals surface area (Å²) in [4.78, 5) is 25.1. The van der Waals surface area contributed by atoms with Crippen LogP contribution in [0.15, 0.2) is 102 Å². The van der Waals surface area contributed by atoms with Crippen LogP contribution in [-0.4, -0.2) is 30.9 Å². The number of carbonyl (C=O) groups excluding carboxylic acids is 2. The van der Waals surface area contributed by atoms with Crippen molar-refractivity contribution in [2.24, 2.45) is 5.10 Å². The van der Waals surface area contributed by atoms with Crippen LogP contribution in [0.25, 0.3) is 10.8 Å². The molecule has 37 heavy (non-hydrogen) atoms. The topological polar surface area (TPSA) is 89.0 Å². The Kier molecular flexibility index (Phi) is 8.86. The van der Waals surface area contributed by atoms with Crippen LogP contribution >= 0.6 is 0 Å². The molecule has 1 atom stereocenters. The maximum absolute atomic E-state index is 13.0. The molecule has 7 nitrogen and oxygen atoms in total. The molecule has 0 saturated carbocycles. The van der Waals surface area contributed by atoms with Gasteiger partial charge in [0.25, 0.3) is 5.91 Å². The number of benzene rings is 4. The van der Waals surface area contributed by atoms with Gasteiger partial charge in [-0.2, -0.15) is 5.10 Å². The summed E-state index contributed by atoms with van der Waals surface area (Å²) in [5, 5.41) is 8.81. The van der Waals surface area contributed by atoms with Gasteiger partial charge in [0.2, 0.25) is 0 Å². The van der Waals surface area contributed by atoms with E-state index in [-0.39, 0.29) is 6.61 Å². The van der Waals surface area contributed by atoms with Crippen LogP contribution in [0, 0.1) is 0 Å². The van der Waals surface area contributed by atoms with Crippen LogP contribution in [0.2, 0.25) is 0 Å². The van der Waals surface area contributed by atoms with Gasteiger partial charge < -0.3 is 14.8 Å². The van der Waals surface area contributed by atoms with E-state index in [1.165, 1.54) is 0 Å². The zero-order valence-corrected chi connectivity index (χ0v) is 20.6. The number of hydrogen-bond donors (Lipinski definition) is 2. The Hall–Kier alpha value is -4.65. The van der Waals surface area contributed by atoms with Crippen molar-refractivity contribution in [3.05, 3.63) is 114 Å². The number of rotatable bonds is 10. The smallest absolute Gasteiger partial charge is 0.407 e. The normalized spacial score (nSPS) is 11.7. The third-order valence-electron chi connectivity index (χ3n) is 5.70. The van der Waals surface area contributed by atoms with Crippen molar-refractivity contribution in [1.82, 2.24) is 10.7 Å². The van der Waals surface area contributed by atoms with Crippen molar-refractivity contribution >= 4 is 29.0 Å². The Balaban J connectivity index is 1.53. The first kappa shape index (κ1) is 25.4. The molecule has 0 saturated heterocycles. The molecule has 2 N–H and O–H groups in total. The average Bonchev–Trinajstić information content (AvgIpc) is 2.93. The average molecular weight is 496 g/mol. The van der Waals surface area contributed by atoms with Crippen LogP contribution in [0.5, 0.6) is 5.75 Å². The summed E-state index contributed by atoms with van der Waals surface area (Å²) in [6.07, 6.45) is 1.21. The third kappa shape index (κ3) is 7.18. The van der Waals surface area contributed by atoms with E-state index in [0.29, 0.717) is 18.8 Å². The molecule has 0 aliphatic carbocycles. The molecular weight excluding hydrogens is 466 g/mol. The second kappa shape index (κ2) is 12.9. The Bertz CT molecular complexity index is 1360. The van der Waals surface area contributed by atoms with Crippen molar-refractivity contribution in [2.75, 3.05) is 6.61 Å². The molecule has 0 heterocycles. The van der Waals surface area contributed by atoms with Crippen molar-refractivity contribution in [3.8, 4) is 5.75 Å². The summed E-state index contributed by atoms with van der Waals surface area (Å²) in [6, 6.07) is 30.2. The van der Waals surface area contributed by atoms with Gasteiger partial charge in [-0.15, -0.1) is 0 Å². The van der Waals surface area contributed by atoms with Gasteiger partial charge in [0.15, 0.2) is 0 Å². The van der Waals surface area contributed by atoms with Crippen molar-refractivity contribution in [3.63, 3.8) is 0 Å².